The maximum atomic E-state index is 13.2. The van der Waals surface area contributed by atoms with E-state index in [1.165, 1.54) is 6.42 Å². The van der Waals surface area contributed by atoms with E-state index in [2.05, 4.69) is 15.6 Å². The molecule has 2 aliphatic heterocycles. The molecule has 1 N–H and O–H groups in total. The van der Waals surface area contributed by atoms with Gasteiger partial charge in [0.25, 0.3) is 5.91 Å². The van der Waals surface area contributed by atoms with Gasteiger partial charge < -0.3 is 15.0 Å². The van der Waals surface area contributed by atoms with Crippen LogP contribution in [0.3, 0.4) is 0 Å². The Balaban J connectivity index is 0.00000240. The summed E-state index contributed by atoms with van der Waals surface area (Å²) in [6.07, 6.45) is 4.20. The van der Waals surface area contributed by atoms with E-state index >= 15 is 0 Å². The lowest BCUT2D eigenvalue weighted by Crippen LogP contribution is -2.39. The molecule has 2 bridgehead atoms. The summed E-state index contributed by atoms with van der Waals surface area (Å²) in [5.41, 5.74) is 2.21. The van der Waals surface area contributed by atoms with Crippen molar-refractivity contribution in [1.82, 2.24) is 25.2 Å². The van der Waals surface area contributed by atoms with Crippen molar-refractivity contribution in [3.05, 3.63) is 35.7 Å². The van der Waals surface area contributed by atoms with Crippen molar-refractivity contribution in [2.75, 3.05) is 13.1 Å². The molecule has 1 amide bonds. The van der Waals surface area contributed by atoms with Crippen molar-refractivity contribution in [3.8, 4) is 11.4 Å². The van der Waals surface area contributed by atoms with Gasteiger partial charge >= 0.3 is 0 Å². The third-order valence-corrected chi connectivity index (χ3v) is 5.56. The summed E-state index contributed by atoms with van der Waals surface area (Å²) in [6.45, 7) is 7.58. The van der Waals surface area contributed by atoms with Gasteiger partial charge in [-0.05, 0) is 63.8 Å². The average Bonchev–Trinajstić information content (AvgIpc) is 3.24. The maximum absolute atomic E-state index is 13.2. The first-order chi connectivity index (χ1) is 13.5. The Morgan fingerprint density at radius 3 is 2.62 bits per heavy atom. The number of halogens is 1. The summed E-state index contributed by atoms with van der Waals surface area (Å²) in [6, 6.07) is 8.72. The minimum atomic E-state index is -0.00258. The number of nitrogens with zero attached hydrogens (tertiary/aromatic N) is 4. The fraction of sp³-hybridized carbons (Fsp3) is 0.571. The third-order valence-electron chi connectivity index (χ3n) is 5.56. The van der Waals surface area contributed by atoms with Gasteiger partial charge in [-0.3, -0.25) is 4.79 Å². The van der Waals surface area contributed by atoms with E-state index in [0.29, 0.717) is 24.2 Å². The average molecular weight is 420 g/mol. The Morgan fingerprint density at radius 1 is 1.21 bits per heavy atom. The monoisotopic (exact) mass is 419 g/mol. The van der Waals surface area contributed by atoms with Crippen LogP contribution in [0.25, 0.3) is 5.69 Å². The van der Waals surface area contributed by atoms with Crippen LogP contribution in [0.15, 0.2) is 24.3 Å². The van der Waals surface area contributed by atoms with E-state index in [-0.39, 0.29) is 24.4 Å². The highest BCUT2D eigenvalue weighted by atomic mass is 35.5. The molecule has 2 fully saturated rings. The highest BCUT2D eigenvalue weighted by molar-refractivity contribution is 5.93. The Kier molecular flexibility index (Phi) is 6.80. The van der Waals surface area contributed by atoms with Crippen LogP contribution >= 0.6 is 12.4 Å². The van der Waals surface area contributed by atoms with Crippen molar-refractivity contribution in [1.29, 1.82) is 0 Å². The Bertz CT molecular complexity index is 836. The predicted molar refractivity (Wildman–Crippen MR) is 114 cm³/mol. The number of fused-ring (bicyclic) bond motifs is 2. The number of ether oxygens (including phenoxy) is 1. The summed E-state index contributed by atoms with van der Waals surface area (Å²) >= 11 is 0. The van der Waals surface area contributed by atoms with Gasteiger partial charge in [-0.2, -0.15) is 0 Å². The number of amides is 1. The number of likely N-dealkylation sites (tertiary alicyclic amines) is 1. The third kappa shape index (κ3) is 4.56. The largest absolute Gasteiger partial charge is 0.491 e. The molecular formula is C21H30ClN5O2. The van der Waals surface area contributed by atoms with Gasteiger partial charge in [0.2, 0.25) is 0 Å². The van der Waals surface area contributed by atoms with Gasteiger partial charge in [0.05, 0.1) is 17.5 Å². The van der Waals surface area contributed by atoms with Gasteiger partial charge in [-0.1, -0.05) is 12.1 Å². The van der Waals surface area contributed by atoms with E-state index < -0.39 is 0 Å². The van der Waals surface area contributed by atoms with E-state index in [4.69, 9.17) is 4.74 Å². The molecule has 1 aromatic carbocycles. The minimum absolute atomic E-state index is 0. The van der Waals surface area contributed by atoms with Crippen LogP contribution in [-0.2, 0) is 6.42 Å². The molecule has 1 aromatic heterocycles. The number of carbonyl (C=O) groups is 1. The van der Waals surface area contributed by atoms with Crippen LogP contribution in [0.2, 0.25) is 0 Å². The van der Waals surface area contributed by atoms with Crippen molar-refractivity contribution in [3.63, 3.8) is 0 Å². The molecule has 2 saturated heterocycles. The van der Waals surface area contributed by atoms with Gasteiger partial charge in [0.1, 0.15) is 5.75 Å². The Hall–Kier alpha value is -2.12. The van der Waals surface area contributed by atoms with Crippen LogP contribution in [0.5, 0.6) is 5.75 Å². The van der Waals surface area contributed by atoms with E-state index in [1.807, 2.05) is 49.9 Å². The van der Waals surface area contributed by atoms with Gasteiger partial charge in [-0.25, -0.2) is 4.68 Å². The molecule has 29 heavy (non-hydrogen) atoms. The van der Waals surface area contributed by atoms with Gasteiger partial charge in [0.15, 0.2) is 5.69 Å². The number of nitrogens with one attached hydrogen (secondary N) is 1. The minimum Gasteiger partial charge on any atom is -0.491 e. The molecule has 0 saturated carbocycles. The lowest BCUT2D eigenvalue weighted by molar-refractivity contribution is 0.0741. The van der Waals surface area contributed by atoms with Crippen molar-refractivity contribution in [2.24, 2.45) is 0 Å². The van der Waals surface area contributed by atoms with Crippen LogP contribution in [0.1, 0.15) is 56.2 Å². The first-order valence-corrected chi connectivity index (χ1v) is 10.3. The molecule has 2 unspecified atom stereocenters. The van der Waals surface area contributed by atoms with E-state index in [1.54, 1.807) is 4.68 Å². The molecule has 2 aromatic rings. The summed E-state index contributed by atoms with van der Waals surface area (Å²) in [5.74, 6) is 0.817. The second kappa shape index (κ2) is 9.13. The smallest absolute Gasteiger partial charge is 0.276 e. The molecule has 7 nitrogen and oxygen atoms in total. The second-order valence-electron chi connectivity index (χ2n) is 7.99. The summed E-state index contributed by atoms with van der Waals surface area (Å²) in [4.78, 5) is 15.1. The SMILES string of the molecule is CCc1c(C(=O)N2CCC3CCC(C2)N3)nnn1-c1ccc(OC(C)C)cc1.Cl. The molecule has 0 spiro atoms. The summed E-state index contributed by atoms with van der Waals surface area (Å²) in [5, 5.41) is 12.2. The topological polar surface area (TPSA) is 72.3 Å². The quantitative estimate of drug-likeness (QED) is 0.806. The van der Waals surface area contributed by atoms with Crippen LogP contribution < -0.4 is 10.1 Å². The summed E-state index contributed by atoms with van der Waals surface area (Å²) < 4.78 is 7.48. The molecule has 0 radical (unpaired) electrons. The first-order valence-electron chi connectivity index (χ1n) is 10.3. The number of hydrogen-bond donors (Lipinski definition) is 1. The van der Waals surface area contributed by atoms with E-state index in [9.17, 15) is 4.79 Å². The number of carbonyl (C=O) groups excluding carboxylic acids is 1. The lowest BCUT2D eigenvalue weighted by Gasteiger charge is -2.23. The van der Waals surface area contributed by atoms with Crippen LogP contribution in [0.4, 0.5) is 0 Å². The summed E-state index contributed by atoms with van der Waals surface area (Å²) in [7, 11) is 0. The van der Waals surface area contributed by atoms with Crippen molar-refractivity contribution < 1.29 is 9.53 Å². The molecule has 3 heterocycles. The molecule has 8 heteroatoms. The maximum Gasteiger partial charge on any atom is 0.276 e. The number of aromatic nitrogens is 3. The number of rotatable bonds is 5. The van der Waals surface area contributed by atoms with Crippen LogP contribution in [-0.4, -0.2) is 57.1 Å². The normalized spacial score (nSPS) is 21.0. The fourth-order valence-electron chi connectivity index (χ4n) is 4.21. The van der Waals surface area contributed by atoms with Gasteiger partial charge in [-0.15, -0.1) is 17.5 Å². The zero-order valence-electron chi connectivity index (χ0n) is 17.3. The molecule has 4 rings (SSSR count). The highest BCUT2D eigenvalue weighted by Crippen LogP contribution is 2.23. The predicted octanol–water partition coefficient (Wildman–Crippen LogP) is 3.01. The number of hydrogen-bond acceptors (Lipinski definition) is 5. The fourth-order valence-corrected chi connectivity index (χ4v) is 4.21. The van der Waals surface area contributed by atoms with Crippen LogP contribution in [0, 0.1) is 0 Å². The molecular weight excluding hydrogens is 390 g/mol. The van der Waals surface area contributed by atoms with E-state index in [0.717, 1.165) is 43.1 Å². The standard InChI is InChI=1S/C21H29N5O2.ClH/c1-4-19-20(21(27)25-12-11-15-5-6-16(13-25)22-15)23-24-26(19)17-7-9-18(10-8-17)28-14(2)3;/h7-10,14-16,22H,4-6,11-13H2,1-3H3;1H. The second-order valence-corrected chi connectivity index (χ2v) is 7.99. The highest BCUT2D eigenvalue weighted by Gasteiger charge is 2.33. The molecule has 2 aliphatic rings. The van der Waals surface area contributed by atoms with Gasteiger partial charge in [0, 0.05) is 25.2 Å². The Labute approximate surface area is 178 Å². The number of benzene rings is 1. The lowest BCUT2D eigenvalue weighted by atomic mass is 10.1. The molecule has 158 valence electrons. The molecule has 0 aliphatic carbocycles. The first kappa shape index (κ1) is 21.6. The zero-order valence-corrected chi connectivity index (χ0v) is 18.1. The van der Waals surface area contributed by atoms with Crippen molar-refractivity contribution in [2.45, 2.75) is 64.6 Å². The Morgan fingerprint density at radius 2 is 1.93 bits per heavy atom. The van der Waals surface area contributed by atoms with Crippen molar-refractivity contribution >= 4 is 18.3 Å². The molecule has 2 atom stereocenters. The zero-order chi connectivity index (χ0) is 19.7.